The fourth-order valence-corrected chi connectivity index (χ4v) is 1.44. The van der Waals surface area contributed by atoms with Crippen LogP contribution >= 0.6 is 0 Å². The molecule has 0 aliphatic carbocycles. The second-order valence-electron chi connectivity index (χ2n) is 0.956. The van der Waals surface area contributed by atoms with Gasteiger partial charge in [0.1, 0.15) is 6.34 Å². The first kappa shape index (κ1) is 5.64. The van der Waals surface area contributed by atoms with Crippen molar-refractivity contribution >= 4 is 30.8 Å². The Labute approximate surface area is 49.2 Å². The first-order chi connectivity index (χ1) is 3.80. The predicted octanol–water partition coefficient (Wildman–Crippen LogP) is -0.616. The van der Waals surface area contributed by atoms with Gasteiger partial charge in [0.2, 0.25) is 0 Å². The van der Waals surface area contributed by atoms with Crippen LogP contribution in [0.5, 0.6) is 0 Å². The van der Waals surface area contributed by atoms with Crippen LogP contribution in [0.1, 0.15) is 0 Å². The third-order valence-electron chi connectivity index (χ3n) is 0.508. The van der Waals surface area contributed by atoms with Gasteiger partial charge < -0.3 is 0 Å². The van der Waals surface area contributed by atoms with Gasteiger partial charge in [-0.05, 0) is 0 Å². The number of rotatable bonds is 0. The van der Waals surface area contributed by atoms with Gasteiger partial charge in [0.15, 0.2) is 0 Å². The van der Waals surface area contributed by atoms with E-state index in [-0.39, 0.29) is 0 Å². The van der Waals surface area contributed by atoms with E-state index in [4.69, 9.17) is 0 Å². The van der Waals surface area contributed by atoms with Crippen LogP contribution in [-0.4, -0.2) is 20.3 Å². The highest BCUT2D eigenvalue weighted by atomic mass is 32.9. The lowest BCUT2D eigenvalue weighted by Gasteiger charge is -1.69. The highest BCUT2D eigenvalue weighted by Gasteiger charge is 1.92. The highest BCUT2D eigenvalue weighted by Crippen LogP contribution is 1.86. The summed E-state index contributed by atoms with van der Waals surface area (Å²) < 4.78 is 23.5. The van der Waals surface area contributed by atoms with E-state index in [2.05, 4.69) is 9.39 Å². The maximum Gasteiger partial charge on any atom is 0.267 e. The minimum Gasteiger partial charge on any atom is -0.235 e. The molecule has 0 saturated carbocycles. The van der Waals surface area contributed by atoms with Crippen molar-refractivity contribution in [2.45, 2.75) is 0 Å². The second-order valence-corrected chi connectivity index (χ2v) is 4.18. The molecule has 6 heteroatoms. The number of hydrogen-bond acceptors (Lipinski definition) is 3. The molecule has 1 aliphatic rings. The standard InChI is InChI=1S/C2H2N2O2S2/c5-8(6)7-2-3-1-4-7/h1-2H. The fourth-order valence-electron chi connectivity index (χ4n) is 0.250. The van der Waals surface area contributed by atoms with Crippen molar-refractivity contribution in [1.29, 1.82) is 0 Å². The maximum absolute atomic E-state index is 10.0. The first-order valence-corrected chi connectivity index (χ1v) is 4.53. The van der Waals surface area contributed by atoms with E-state index in [1.807, 2.05) is 0 Å². The van der Waals surface area contributed by atoms with Crippen LogP contribution < -0.4 is 0 Å². The number of nitrogens with zero attached hydrogens (tertiary/aromatic N) is 2. The van der Waals surface area contributed by atoms with Crippen LogP contribution in [0, 0.1) is 0 Å². The van der Waals surface area contributed by atoms with E-state index in [1.165, 1.54) is 11.9 Å². The minimum atomic E-state index is -2.11. The van der Waals surface area contributed by atoms with E-state index < -0.39 is 18.9 Å². The molecule has 0 aromatic rings. The summed E-state index contributed by atoms with van der Waals surface area (Å²) in [6.07, 6.45) is 1.24. The molecule has 0 saturated heterocycles. The first-order valence-electron chi connectivity index (χ1n) is 1.69. The lowest BCUT2D eigenvalue weighted by atomic mass is 11.3. The maximum atomic E-state index is 10.0. The fraction of sp³-hybridized carbons (Fsp3) is 0. The molecular weight excluding hydrogens is 148 g/mol. The molecule has 1 heterocycles. The van der Waals surface area contributed by atoms with Crippen LogP contribution in [0.15, 0.2) is 9.39 Å². The Morgan fingerprint density at radius 3 is 2.50 bits per heavy atom. The van der Waals surface area contributed by atoms with Gasteiger partial charge in [-0.2, -0.15) is 12.8 Å². The molecule has 4 nitrogen and oxygen atoms in total. The Hall–Kier alpha value is -0.490. The molecule has 1 unspecified atom stereocenters. The van der Waals surface area contributed by atoms with Crippen molar-refractivity contribution in [2.24, 2.45) is 9.39 Å². The largest absolute Gasteiger partial charge is 0.267 e. The van der Waals surface area contributed by atoms with Crippen LogP contribution in [0.3, 0.4) is 0 Å². The summed E-state index contributed by atoms with van der Waals surface area (Å²) in [5, 5.41) is 0. The Balaban J connectivity index is 3.29. The zero-order chi connectivity index (χ0) is 5.98. The van der Waals surface area contributed by atoms with E-state index in [1.54, 1.807) is 0 Å². The summed E-state index contributed by atoms with van der Waals surface area (Å²) in [6.45, 7) is 0. The predicted molar refractivity (Wildman–Crippen MR) is 33.3 cm³/mol. The summed E-state index contributed by atoms with van der Waals surface area (Å²) in [4.78, 5) is 3.49. The quantitative estimate of drug-likeness (QED) is 0.462. The summed E-state index contributed by atoms with van der Waals surface area (Å²) >= 11 is 0. The normalized spacial score (nSPS) is 24.2. The summed E-state index contributed by atoms with van der Waals surface area (Å²) in [5.74, 6) is 0. The third kappa shape index (κ3) is 1.01. The molecule has 1 aliphatic heterocycles. The zero-order valence-corrected chi connectivity index (χ0v) is 5.32. The molecule has 0 bridgehead atoms. The topological polar surface area (TPSA) is 58.9 Å². The van der Waals surface area contributed by atoms with Crippen molar-refractivity contribution in [2.75, 3.05) is 0 Å². The van der Waals surface area contributed by atoms with Gasteiger partial charge >= 0.3 is 0 Å². The van der Waals surface area contributed by atoms with Gasteiger partial charge in [0, 0.05) is 0 Å². The smallest absolute Gasteiger partial charge is 0.235 e. The number of hydrogen-bond donors (Lipinski definition) is 0. The molecule has 0 spiro atoms. The van der Waals surface area contributed by atoms with Crippen LogP contribution in [0.4, 0.5) is 0 Å². The molecular formula is C2H2N2O2S2. The second kappa shape index (κ2) is 2.19. The Morgan fingerprint density at radius 1 is 1.50 bits per heavy atom. The van der Waals surface area contributed by atoms with Crippen molar-refractivity contribution in [3.63, 3.8) is 0 Å². The number of aliphatic imine (C=N–C) groups is 1. The van der Waals surface area contributed by atoms with Crippen LogP contribution in [-0.2, 0) is 18.9 Å². The van der Waals surface area contributed by atoms with Gasteiger partial charge in [-0.3, -0.25) is 0 Å². The lowest BCUT2D eigenvalue weighted by Crippen LogP contribution is -1.78. The molecule has 0 fully saturated rings. The molecule has 0 radical (unpaired) electrons. The van der Waals surface area contributed by atoms with Crippen molar-refractivity contribution in [1.82, 2.24) is 0 Å². The van der Waals surface area contributed by atoms with E-state index in [0.29, 0.717) is 0 Å². The van der Waals surface area contributed by atoms with E-state index in [9.17, 15) is 8.42 Å². The summed E-state index contributed by atoms with van der Waals surface area (Å²) in [5.41, 5.74) is 1.29. The minimum absolute atomic E-state index is 0.985. The van der Waals surface area contributed by atoms with Gasteiger partial charge in [-0.1, -0.05) is 0 Å². The molecule has 8 heavy (non-hydrogen) atoms. The van der Waals surface area contributed by atoms with Crippen molar-refractivity contribution in [3.8, 4) is 0 Å². The Bertz CT molecular complexity index is 250. The monoisotopic (exact) mass is 150 g/mol. The average Bonchev–Trinajstić information content (AvgIpc) is 2.12. The van der Waals surface area contributed by atoms with Gasteiger partial charge in [0.05, 0.1) is 15.2 Å². The molecule has 0 amide bonds. The van der Waals surface area contributed by atoms with Crippen molar-refractivity contribution in [3.05, 3.63) is 0 Å². The molecule has 0 aromatic carbocycles. The molecule has 0 aromatic heterocycles. The van der Waals surface area contributed by atoms with E-state index in [0.717, 1.165) is 0 Å². The van der Waals surface area contributed by atoms with Crippen LogP contribution in [0.25, 0.3) is 0 Å². The third-order valence-corrected chi connectivity index (χ3v) is 2.74. The Kier molecular flexibility index (Phi) is 1.54. The molecule has 0 N–H and O–H groups in total. The van der Waals surface area contributed by atoms with Gasteiger partial charge in [0.25, 0.3) is 9.26 Å². The van der Waals surface area contributed by atoms with Crippen molar-refractivity contribution < 1.29 is 8.42 Å². The van der Waals surface area contributed by atoms with E-state index >= 15 is 0 Å². The lowest BCUT2D eigenvalue weighted by molar-refractivity contribution is 0.628. The summed E-state index contributed by atoms with van der Waals surface area (Å²) in [6, 6.07) is 0. The molecule has 1 atom stereocenters. The molecule has 44 valence electrons. The Morgan fingerprint density at radius 2 is 2.25 bits per heavy atom. The summed E-state index contributed by atoms with van der Waals surface area (Å²) in [7, 11) is -3.09. The zero-order valence-electron chi connectivity index (χ0n) is 3.68. The van der Waals surface area contributed by atoms with Gasteiger partial charge in [-0.25, -0.2) is 4.99 Å². The highest BCUT2D eigenvalue weighted by molar-refractivity contribution is 8.40. The SMILES string of the molecule is O=S(=O)=S1C=NC=N1. The van der Waals surface area contributed by atoms with Gasteiger partial charge in [-0.15, -0.1) is 0 Å². The molecule has 1 rings (SSSR count). The van der Waals surface area contributed by atoms with Crippen LogP contribution in [0.2, 0.25) is 0 Å². The average molecular weight is 150 g/mol.